The number of carbonyl (C=O) groups is 4. The van der Waals surface area contributed by atoms with Gasteiger partial charge in [-0.2, -0.15) is 0 Å². The van der Waals surface area contributed by atoms with Crippen LogP contribution in [0.15, 0.2) is 70.0 Å². The zero-order chi connectivity index (χ0) is 28.1. The molecule has 2 N–H and O–H groups in total. The fourth-order valence-electron chi connectivity index (χ4n) is 3.60. The van der Waals surface area contributed by atoms with Gasteiger partial charge in [-0.15, -0.1) is 0 Å². The Morgan fingerprint density at radius 3 is 2.62 bits per heavy atom. The Bertz CT molecular complexity index is 1510. The Labute approximate surface area is 240 Å². The minimum atomic E-state index is -1.04. The fraction of sp³-hybridized carbons (Fsp3) is 0.111. The average Bonchev–Trinajstić information content (AvgIpc) is 3.16. The first kappa shape index (κ1) is 28.2. The number of nitrogens with one attached hydrogen (secondary N) is 1. The second-order valence-corrected chi connectivity index (χ2v) is 10.4. The highest BCUT2D eigenvalue weighted by atomic mass is 79.9. The van der Waals surface area contributed by atoms with Crippen molar-refractivity contribution >= 4 is 74.1 Å². The number of methoxy groups -OCH3 is 1. The molecule has 0 radical (unpaired) electrons. The van der Waals surface area contributed by atoms with Gasteiger partial charge in [-0.1, -0.05) is 35.9 Å². The number of nitrogens with zero attached hydrogens (tertiary/aromatic N) is 1. The van der Waals surface area contributed by atoms with Crippen LogP contribution in [-0.2, 0) is 16.2 Å². The molecule has 3 amide bonds. The van der Waals surface area contributed by atoms with E-state index in [2.05, 4.69) is 21.2 Å². The number of aromatic carboxylic acids is 1. The Kier molecular flexibility index (Phi) is 8.95. The Balaban J connectivity index is 1.47. The molecular weight excluding hydrogens is 612 g/mol. The molecule has 0 aliphatic carbocycles. The standard InChI is InChI=1S/C27H20BrClN2O7S/c1-37-21-11-16(10-18(28)24(21)38-14-15-5-4-6-17(9-15)26(34)35)12-22-25(33)31(27(36)39-22)13-23(32)30-20-8-3-2-7-19(20)29/h2-12H,13-14H2,1H3,(H,30,32)(H,34,35)/b22-12+. The average molecular weight is 632 g/mol. The molecule has 12 heteroatoms. The SMILES string of the molecule is COc1cc(/C=C2/SC(=O)N(CC(=O)Nc3ccccc3Cl)C2=O)cc(Br)c1OCc1cccc(C(=O)O)c1. The van der Waals surface area contributed by atoms with Crippen molar-refractivity contribution in [3.05, 3.63) is 91.8 Å². The van der Waals surface area contributed by atoms with E-state index in [1.165, 1.54) is 25.3 Å². The van der Waals surface area contributed by atoms with E-state index >= 15 is 0 Å². The minimum absolute atomic E-state index is 0.0879. The van der Waals surface area contributed by atoms with E-state index in [0.29, 0.717) is 37.8 Å². The van der Waals surface area contributed by atoms with Crippen LogP contribution in [0.4, 0.5) is 10.5 Å². The van der Waals surface area contributed by atoms with Gasteiger partial charge in [-0.25, -0.2) is 4.79 Å². The predicted molar refractivity (Wildman–Crippen MR) is 151 cm³/mol. The lowest BCUT2D eigenvalue weighted by atomic mass is 10.1. The van der Waals surface area contributed by atoms with Crippen LogP contribution in [0.25, 0.3) is 6.08 Å². The highest BCUT2D eigenvalue weighted by molar-refractivity contribution is 9.10. The van der Waals surface area contributed by atoms with E-state index in [0.717, 1.165) is 16.7 Å². The van der Waals surface area contributed by atoms with Crippen molar-refractivity contribution in [3.8, 4) is 11.5 Å². The van der Waals surface area contributed by atoms with Gasteiger partial charge in [0.05, 0.1) is 32.8 Å². The molecular formula is C27H20BrClN2O7S. The Morgan fingerprint density at radius 2 is 1.90 bits per heavy atom. The van der Waals surface area contributed by atoms with E-state index in [-0.39, 0.29) is 17.1 Å². The molecule has 9 nitrogen and oxygen atoms in total. The molecule has 39 heavy (non-hydrogen) atoms. The number of para-hydroxylation sites is 1. The summed E-state index contributed by atoms with van der Waals surface area (Å²) in [6.45, 7) is -0.374. The predicted octanol–water partition coefficient (Wildman–Crippen LogP) is 6.06. The second-order valence-electron chi connectivity index (χ2n) is 8.12. The molecule has 1 heterocycles. The first-order chi connectivity index (χ1) is 18.7. The van der Waals surface area contributed by atoms with Crippen molar-refractivity contribution in [2.24, 2.45) is 0 Å². The van der Waals surface area contributed by atoms with Gasteiger partial charge in [0.2, 0.25) is 5.91 Å². The number of imide groups is 1. The van der Waals surface area contributed by atoms with Crippen molar-refractivity contribution in [1.29, 1.82) is 0 Å². The number of hydrogen-bond donors (Lipinski definition) is 2. The molecule has 0 spiro atoms. The van der Waals surface area contributed by atoms with Gasteiger partial charge in [0.15, 0.2) is 11.5 Å². The molecule has 1 fully saturated rings. The Hall–Kier alpha value is -3.80. The van der Waals surface area contributed by atoms with Crippen LogP contribution in [-0.4, -0.2) is 46.7 Å². The summed E-state index contributed by atoms with van der Waals surface area (Å²) in [4.78, 5) is 50.1. The summed E-state index contributed by atoms with van der Waals surface area (Å²) < 4.78 is 11.9. The maximum Gasteiger partial charge on any atom is 0.335 e. The van der Waals surface area contributed by atoms with E-state index in [1.807, 2.05) is 0 Å². The molecule has 0 saturated carbocycles. The van der Waals surface area contributed by atoms with E-state index < -0.39 is 29.6 Å². The molecule has 3 aromatic rings. The van der Waals surface area contributed by atoms with Crippen molar-refractivity contribution in [1.82, 2.24) is 4.90 Å². The smallest absolute Gasteiger partial charge is 0.335 e. The van der Waals surface area contributed by atoms with Crippen LogP contribution >= 0.6 is 39.3 Å². The van der Waals surface area contributed by atoms with Crippen LogP contribution in [0.2, 0.25) is 5.02 Å². The molecule has 200 valence electrons. The first-order valence-corrected chi connectivity index (χ1v) is 13.3. The summed E-state index contributed by atoms with van der Waals surface area (Å²) in [7, 11) is 1.45. The number of carbonyl (C=O) groups excluding carboxylic acids is 3. The zero-order valence-electron chi connectivity index (χ0n) is 20.3. The molecule has 1 saturated heterocycles. The third kappa shape index (κ3) is 6.80. The maximum atomic E-state index is 12.9. The maximum absolute atomic E-state index is 12.9. The topological polar surface area (TPSA) is 122 Å². The van der Waals surface area contributed by atoms with Crippen molar-refractivity contribution in [3.63, 3.8) is 0 Å². The molecule has 1 aliphatic rings. The van der Waals surface area contributed by atoms with Gasteiger partial charge in [0.1, 0.15) is 13.2 Å². The van der Waals surface area contributed by atoms with Crippen molar-refractivity contribution < 1.29 is 33.8 Å². The largest absolute Gasteiger partial charge is 0.493 e. The monoisotopic (exact) mass is 630 g/mol. The third-order valence-electron chi connectivity index (χ3n) is 5.43. The number of halogens is 2. The number of amides is 3. The molecule has 0 unspecified atom stereocenters. The second kappa shape index (κ2) is 12.4. The molecule has 0 aromatic heterocycles. The van der Waals surface area contributed by atoms with Gasteiger partial charge in [-0.05, 0) is 81.3 Å². The zero-order valence-corrected chi connectivity index (χ0v) is 23.4. The minimum Gasteiger partial charge on any atom is -0.493 e. The number of hydrogen-bond acceptors (Lipinski definition) is 7. The quantitative estimate of drug-likeness (QED) is 0.273. The number of anilines is 1. The summed E-state index contributed by atoms with van der Waals surface area (Å²) >= 11 is 10.2. The lowest BCUT2D eigenvalue weighted by Gasteiger charge is -2.14. The summed E-state index contributed by atoms with van der Waals surface area (Å²) in [5, 5.41) is 11.5. The van der Waals surface area contributed by atoms with Gasteiger partial charge >= 0.3 is 5.97 Å². The molecule has 0 atom stereocenters. The number of benzene rings is 3. The number of rotatable bonds is 9. The fourth-order valence-corrected chi connectivity index (χ4v) is 5.19. The van der Waals surface area contributed by atoms with Crippen LogP contribution < -0.4 is 14.8 Å². The van der Waals surface area contributed by atoms with Crippen molar-refractivity contribution in [2.75, 3.05) is 19.0 Å². The highest BCUT2D eigenvalue weighted by Crippen LogP contribution is 2.39. The summed E-state index contributed by atoms with van der Waals surface area (Å²) in [5.74, 6) is -1.48. The lowest BCUT2D eigenvalue weighted by molar-refractivity contribution is -0.127. The summed E-state index contributed by atoms with van der Waals surface area (Å²) in [5.41, 5.74) is 1.72. The summed E-state index contributed by atoms with van der Waals surface area (Å²) in [6, 6.07) is 16.3. The van der Waals surface area contributed by atoms with E-state index in [9.17, 15) is 24.3 Å². The molecule has 4 rings (SSSR count). The normalized spacial score (nSPS) is 14.0. The van der Waals surface area contributed by atoms with Crippen LogP contribution in [0.1, 0.15) is 21.5 Å². The van der Waals surface area contributed by atoms with Crippen LogP contribution in [0, 0.1) is 0 Å². The van der Waals surface area contributed by atoms with Crippen molar-refractivity contribution in [2.45, 2.75) is 6.61 Å². The number of thioether (sulfide) groups is 1. The number of ether oxygens (including phenoxy) is 2. The highest BCUT2D eigenvalue weighted by Gasteiger charge is 2.36. The number of carboxylic acids is 1. The summed E-state index contributed by atoms with van der Waals surface area (Å²) in [6.07, 6.45) is 1.52. The van der Waals surface area contributed by atoms with Crippen LogP contribution in [0.3, 0.4) is 0 Å². The Morgan fingerprint density at radius 1 is 1.13 bits per heavy atom. The van der Waals surface area contributed by atoms with Gasteiger partial charge < -0.3 is 19.9 Å². The van der Waals surface area contributed by atoms with E-state index in [4.69, 9.17) is 21.1 Å². The van der Waals surface area contributed by atoms with Gasteiger partial charge in [-0.3, -0.25) is 19.3 Å². The first-order valence-electron chi connectivity index (χ1n) is 11.3. The molecule has 0 bridgehead atoms. The molecule has 1 aliphatic heterocycles. The molecule has 3 aromatic carbocycles. The van der Waals surface area contributed by atoms with Crippen LogP contribution in [0.5, 0.6) is 11.5 Å². The van der Waals surface area contributed by atoms with E-state index in [1.54, 1.807) is 48.5 Å². The van der Waals surface area contributed by atoms with Gasteiger partial charge in [0.25, 0.3) is 11.1 Å². The number of carboxylic acid groups (broad SMARTS) is 1. The van der Waals surface area contributed by atoms with Gasteiger partial charge in [0, 0.05) is 0 Å². The third-order valence-corrected chi connectivity index (χ3v) is 7.26. The lowest BCUT2D eigenvalue weighted by Crippen LogP contribution is -2.36.